The van der Waals surface area contributed by atoms with Gasteiger partial charge in [-0.3, -0.25) is 14.7 Å². The molecular weight excluding hydrogens is 382 g/mol. The molecule has 1 fully saturated rings. The van der Waals surface area contributed by atoms with Crippen LogP contribution in [0.15, 0.2) is 23.0 Å². The van der Waals surface area contributed by atoms with Crippen molar-refractivity contribution < 1.29 is 9.47 Å². The van der Waals surface area contributed by atoms with Crippen LogP contribution in [-0.4, -0.2) is 80.3 Å². The molecule has 4 rings (SSSR count). The van der Waals surface area contributed by atoms with Gasteiger partial charge in [0.05, 0.1) is 19.9 Å². The van der Waals surface area contributed by atoms with E-state index in [1.165, 1.54) is 0 Å². The van der Waals surface area contributed by atoms with E-state index in [0.29, 0.717) is 6.42 Å². The van der Waals surface area contributed by atoms with Crippen molar-refractivity contribution in [3.05, 3.63) is 45.4 Å². The smallest absolute Gasteiger partial charge is 0.255 e. The number of hydrogen-bond acceptors (Lipinski definition) is 7. The summed E-state index contributed by atoms with van der Waals surface area (Å²) in [5, 5.41) is 0. The monoisotopic (exact) mass is 413 g/mol. The summed E-state index contributed by atoms with van der Waals surface area (Å²) < 4.78 is 10.8. The number of H-pyrrole nitrogens is 1. The van der Waals surface area contributed by atoms with E-state index in [2.05, 4.69) is 26.7 Å². The van der Waals surface area contributed by atoms with E-state index >= 15 is 0 Å². The lowest BCUT2D eigenvalue weighted by molar-refractivity contribution is 0.273. The minimum Gasteiger partial charge on any atom is -0.497 e. The largest absolute Gasteiger partial charge is 0.497 e. The van der Waals surface area contributed by atoms with Gasteiger partial charge >= 0.3 is 0 Å². The number of nitrogens with zero attached hydrogens (tertiary/aromatic N) is 4. The van der Waals surface area contributed by atoms with Gasteiger partial charge < -0.3 is 19.3 Å². The maximum Gasteiger partial charge on any atom is 0.255 e. The highest BCUT2D eigenvalue weighted by molar-refractivity contribution is 5.41. The quantitative estimate of drug-likeness (QED) is 0.788. The Kier molecular flexibility index (Phi) is 6.24. The Morgan fingerprint density at radius 1 is 1.03 bits per heavy atom. The summed E-state index contributed by atoms with van der Waals surface area (Å²) in [6.45, 7) is 6.20. The average molecular weight is 414 g/mol. The number of fused-ring (bicyclic) bond motifs is 1. The number of aromatic amines is 1. The molecule has 0 unspecified atom stereocenters. The van der Waals surface area contributed by atoms with Gasteiger partial charge in [-0.2, -0.15) is 0 Å². The number of rotatable bonds is 5. The van der Waals surface area contributed by atoms with Gasteiger partial charge in [0.2, 0.25) is 5.95 Å². The highest BCUT2D eigenvalue weighted by atomic mass is 16.5. The lowest BCUT2D eigenvalue weighted by Gasteiger charge is -2.32. The van der Waals surface area contributed by atoms with Crippen LogP contribution in [-0.2, 0) is 19.4 Å². The van der Waals surface area contributed by atoms with Crippen molar-refractivity contribution >= 4 is 5.95 Å². The summed E-state index contributed by atoms with van der Waals surface area (Å²) in [6, 6.07) is 5.92. The third kappa shape index (κ3) is 4.44. The molecule has 30 heavy (non-hydrogen) atoms. The number of likely N-dealkylation sites (N-methyl/N-ethyl adjacent to an activating group) is 1. The maximum atomic E-state index is 12.8. The van der Waals surface area contributed by atoms with Crippen molar-refractivity contribution in [1.82, 2.24) is 19.8 Å². The van der Waals surface area contributed by atoms with E-state index in [-0.39, 0.29) is 5.56 Å². The van der Waals surface area contributed by atoms with Crippen LogP contribution < -0.4 is 19.9 Å². The Morgan fingerprint density at radius 3 is 2.53 bits per heavy atom. The molecule has 2 aromatic rings. The zero-order chi connectivity index (χ0) is 21.1. The van der Waals surface area contributed by atoms with Crippen LogP contribution in [0.3, 0.4) is 0 Å². The Bertz CT molecular complexity index is 937. The van der Waals surface area contributed by atoms with E-state index in [1.54, 1.807) is 14.2 Å². The van der Waals surface area contributed by atoms with E-state index in [0.717, 1.165) is 86.5 Å². The van der Waals surface area contributed by atoms with Crippen molar-refractivity contribution in [1.29, 1.82) is 0 Å². The summed E-state index contributed by atoms with van der Waals surface area (Å²) in [6.07, 6.45) is 1.48. The van der Waals surface area contributed by atoms with E-state index < -0.39 is 0 Å². The van der Waals surface area contributed by atoms with Crippen molar-refractivity contribution in [3.63, 3.8) is 0 Å². The van der Waals surface area contributed by atoms with E-state index in [4.69, 9.17) is 14.5 Å². The number of methoxy groups -OCH3 is 2. The standard InChI is InChI=1S/C22H31N5O3/c1-25-10-12-27(13-11-25)22-23-19-7-9-26(8-6-18(19)21(28)24-22)15-16-4-5-17(29-2)14-20(16)30-3/h4-5,14H,6-13,15H2,1-3H3,(H,23,24,28). The second-order valence-corrected chi connectivity index (χ2v) is 8.06. The molecule has 0 bridgehead atoms. The highest BCUT2D eigenvalue weighted by Crippen LogP contribution is 2.26. The number of nitrogens with one attached hydrogen (secondary N) is 1. The predicted octanol–water partition coefficient (Wildman–Crippen LogP) is 1.14. The van der Waals surface area contributed by atoms with Crippen molar-refractivity contribution in [2.45, 2.75) is 19.4 Å². The van der Waals surface area contributed by atoms with Gasteiger partial charge in [-0.25, -0.2) is 4.98 Å². The molecule has 0 amide bonds. The summed E-state index contributed by atoms with van der Waals surface area (Å²) in [5.41, 5.74) is 2.90. The SMILES string of the molecule is COc1ccc(CN2CCc3nc(N4CCN(C)CC4)[nH]c(=O)c3CC2)c(OC)c1. The van der Waals surface area contributed by atoms with Gasteiger partial charge in [0, 0.05) is 69.4 Å². The zero-order valence-corrected chi connectivity index (χ0v) is 18.1. The first kappa shape index (κ1) is 20.7. The third-order valence-corrected chi connectivity index (χ3v) is 6.12. The first-order chi connectivity index (χ1) is 14.6. The summed E-state index contributed by atoms with van der Waals surface area (Å²) >= 11 is 0. The zero-order valence-electron chi connectivity index (χ0n) is 18.1. The number of piperazine rings is 1. The number of anilines is 1. The molecule has 162 valence electrons. The predicted molar refractivity (Wildman–Crippen MR) is 117 cm³/mol. The molecule has 0 saturated carbocycles. The summed E-state index contributed by atoms with van der Waals surface area (Å²) in [7, 11) is 5.46. The summed E-state index contributed by atoms with van der Waals surface area (Å²) in [5.74, 6) is 2.33. The highest BCUT2D eigenvalue weighted by Gasteiger charge is 2.22. The van der Waals surface area contributed by atoms with Gasteiger partial charge in [-0.15, -0.1) is 0 Å². The normalized spacial score (nSPS) is 18.0. The third-order valence-electron chi connectivity index (χ3n) is 6.12. The first-order valence-corrected chi connectivity index (χ1v) is 10.6. The molecule has 0 radical (unpaired) electrons. The van der Waals surface area contributed by atoms with Crippen LogP contribution in [0.4, 0.5) is 5.95 Å². The Morgan fingerprint density at radius 2 is 1.80 bits per heavy atom. The molecule has 0 aliphatic carbocycles. The molecular formula is C22H31N5O3. The Balaban J connectivity index is 1.48. The van der Waals surface area contributed by atoms with Crippen LogP contribution in [0.25, 0.3) is 0 Å². The molecule has 8 nitrogen and oxygen atoms in total. The fourth-order valence-electron chi connectivity index (χ4n) is 4.19. The fraction of sp³-hybridized carbons (Fsp3) is 0.545. The van der Waals surface area contributed by atoms with E-state index in [1.807, 2.05) is 18.2 Å². The number of ether oxygens (including phenoxy) is 2. The Hall–Kier alpha value is -2.58. The van der Waals surface area contributed by atoms with Gasteiger partial charge in [0.25, 0.3) is 5.56 Å². The molecule has 0 spiro atoms. The lowest BCUT2D eigenvalue weighted by Crippen LogP contribution is -2.45. The molecule has 1 aromatic carbocycles. The molecule has 2 aliphatic heterocycles. The molecule has 8 heteroatoms. The van der Waals surface area contributed by atoms with Crippen LogP contribution in [0, 0.1) is 0 Å². The minimum absolute atomic E-state index is 0.0119. The average Bonchev–Trinajstić information content (AvgIpc) is 2.97. The van der Waals surface area contributed by atoms with Crippen molar-refractivity contribution in [2.24, 2.45) is 0 Å². The maximum absolute atomic E-state index is 12.8. The van der Waals surface area contributed by atoms with Crippen LogP contribution in [0.5, 0.6) is 11.5 Å². The molecule has 3 heterocycles. The van der Waals surface area contributed by atoms with Gasteiger partial charge in [0.15, 0.2) is 0 Å². The van der Waals surface area contributed by atoms with Gasteiger partial charge in [0.1, 0.15) is 11.5 Å². The fourth-order valence-corrected chi connectivity index (χ4v) is 4.19. The minimum atomic E-state index is 0.0119. The van der Waals surface area contributed by atoms with Crippen molar-refractivity contribution in [2.75, 3.05) is 65.4 Å². The van der Waals surface area contributed by atoms with Crippen LogP contribution >= 0.6 is 0 Å². The topological polar surface area (TPSA) is 73.9 Å². The molecule has 2 aliphatic rings. The lowest BCUT2D eigenvalue weighted by atomic mass is 10.1. The molecule has 1 saturated heterocycles. The molecule has 1 aromatic heterocycles. The molecule has 1 N–H and O–H groups in total. The second-order valence-electron chi connectivity index (χ2n) is 8.06. The molecule has 0 atom stereocenters. The van der Waals surface area contributed by atoms with Gasteiger partial charge in [-0.1, -0.05) is 6.07 Å². The van der Waals surface area contributed by atoms with Crippen LogP contribution in [0.1, 0.15) is 16.8 Å². The van der Waals surface area contributed by atoms with E-state index in [9.17, 15) is 4.79 Å². The number of hydrogen-bond donors (Lipinski definition) is 1. The Labute approximate surface area is 177 Å². The summed E-state index contributed by atoms with van der Waals surface area (Å²) in [4.78, 5) is 27.5. The van der Waals surface area contributed by atoms with Crippen molar-refractivity contribution in [3.8, 4) is 11.5 Å². The van der Waals surface area contributed by atoms with Crippen LogP contribution in [0.2, 0.25) is 0 Å². The number of aromatic nitrogens is 2. The van der Waals surface area contributed by atoms with Gasteiger partial charge in [-0.05, 0) is 19.5 Å². The second kappa shape index (κ2) is 9.06. The first-order valence-electron chi connectivity index (χ1n) is 10.6. The number of benzene rings is 1.